The molecule has 0 unspecified atom stereocenters. The van der Waals surface area contributed by atoms with Crippen LogP contribution in [-0.4, -0.2) is 76.1 Å². The minimum Gasteiger partial charge on any atom is -0.394 e. The second kappa shape index (κ2) is 5.17. The fourth-order valence-corrected chi connectivity index (χ4v) is 1.46. The van der Waals surface area contributed by atoms with Gasteiger partial charge in [-0.15, -0.1) is 0 Å². The van der Waals surface area contributed by atoms with Crippen molar-refractivity contribution < 1.29 is 35.0 Å². The van der Waals surface area contributed by atoms with Crippen molar-refractivity contribution in [3.63, 3.8) is 0 Å². The van der Waals surface area contributed by atoms with Gasteiger partial charge in [-0.1, -0.05) is 0 Å². The van der Waals surface area contributed by atoms with E-state index in [1.807, 2.05) is 0 Å². The van der Waals surface area contributed by atoms with Gasteiger partial charge in [-0.25, -0.2) is 0 Å². The molecule has 7 heteroatoms. The maximum absolute atomic E-state index is 9.47. The fraction of sp³-hybridized carbons (Fsp3) is 1.00. The third-order valence-corrected chi connectivity index (χ3v) is 2.43. The quantitative estimate of drug-likeness (QED) is 0.335. The predicted molar refractivity (Wildman–Crippen MR) is 46.8 cm³/mol. The Morgan fingerprint density at radius 2 is 1.53 bits per heavy atom. The van der Waals surface area contributed by atoms with E-state index in [1.54, 1.807) is 0 Å². The van der Waals surface area contributed by atoms with Gasteiger partial charge in [0.2, 0.25) is 0 Å². The summed E-state index contributed by atoms with van der Waals surface area (Å²) in [6, 6.07) is 0. The number of rotatable bonds is 2. The largest absolute Gasteiger partial charge is 0.394 e. The van der Waals surface area contributed by atoms with Crippen molar-refractivity contribution in [2.75, 3.05) is 13.7 Å². The van der Waals surface area contributed by atoms with Gasteiger partial charge in [-0.3, -0.25) is 0 Å². The van der Waals surface area contributed by atoms with Crippen LogP contribution >= 0.6 is 0 Å². The number of aliphatic hydroxyl groups excluding tert-OH is 5. The van der Waals surface area contributed by atoms with Gasteiger partial charge in [-0.05, 0) is 0 Å². The minimum atomic E-state index is -1.60. The van der Waals surface area contributed by atoms with Crippen molar-refractivity contribution in [1.82, 2.24) is 0 Å². The van der Waals surface area contributed by atoms with E-state index in [2.05, 4.69) is 0 Å². The Labute approximate surface area is 86.5 Å². The van der Waals surface area contributed by atoms with E-state index in [0.29, 0.717) is 0 Å². The summed E-state index contributed by atoms with van der Waals surface area (Å²) in [5, 5.41) is 46.6. The van der Waals surface area contributed by atoms with Crippen LogP contribution in [0.1, 0.15) is 0 Å². The number of aliphatic hydroxyl groups is 5. The van der Waals surface area contributed by atoms with E-state index in [-0.39, 0.29) is 0 Å². The molecule has 90 valence electrons. The summed E-state index contributed by atoms with van der Waals surface area (Å²) < 4.78 is 9.70. The maximum Gasteiger partial charge on any atom is 0.186 e. The average molecular weight is 224 g/mol. The van der Waals surface area contributed by atoms with E-state index >= 15 is 0 Å². The molecular formula is C8H16O7. The molecule has 1 rings (SSSR count). The zero-order valence-electron chi connectivity index (χ0n) is 8.22. The highest BCUT2D eigenvalue weighted by molar-refractivity contribution is 4.90. The second-order valence-electron chi connectivity index (χ2n) is 3.42. The summed E-state index contributed by atoms with van der Waals surface area (Å²) in [5.74, 6) is 0. The van der Waals surface area contributed by atoms with Crippen molar-refractivity contribution in [3.8, 4) is 0 Å². The SMILES string of the molecule is CO[C@H]1O[C@H](CO)[C@@H](O)[C@H](O)[C@H](O)[C@H]1O. The van der Waals surface area contributed by atoms with E-state index < -0.39 is 43.4 Å². The molecule has 0 spiro atoms. The van der Waals surface area contributed by atoms with Crippen molar-refractivity contribution >= 4 is 0 Å². The molecule has 1 aliphatic heterocycles. The first kappa shape index (κ1) is 12.8. The second-order valence-corrected chi connectivity index (χ2v) is 3.42. The molecule has 1 heterocycles. The Hall–Kier alpha value is -0.280. The van der Waals surface area contributed by atoms with Crippen LogP contribution in [0.25, 0.3) is 0 Å². The average Bonchev–Trinajstić information content (AvgIpc) is 2.33. The van der Waals surface area contributed by atoms with Gasteiger partial charge in [0.05, 0.1) is 6.61 Å². The Bertz CT molecular complexity index is 170. The molecule has 1 aliphatic rings. The van der Waals surface area contributed by atoms with Gasteiger partial charge in [-0.2, -0.15) is 0 Å². The van der Waals surface area contributed by atoms with Crippen LogP contribution in [0.3, 0.4) is 0 Å². The van der Waals surface area contributed by atoms with Crippen LogP contribution in [0.4, 0.5) is 0 Å². The van der Waals surface area contributed by atoms with Crippen LogP contribution in [0.2, 0.25) is 0 Å². The van der Waals surface area contributed by atoms with Gasteiger partial charge in [0.25, 0.3) is 0 Å². The Morgan fingerprint density at radius 3 is 2.00 bits per heavy atom. The first-order valence-corrected chi connectivity index (χ1v) is 4.54. The van der Waals surface area contributed by atoms with Crippen LogP contribution in [0.15, 0.2) is 0 Å². The number of hydrogen-bond acceptors (Lipinski definition) is 7. The predicted octanol–water partition coefficient (Wildman–Crippen LogP) is -3.21. The fourth-order valence-electron chi connectivity index (χ4n) is 1.46. The lowest BCUT2D eigenvalue weighted by atomic mass is 10.0. The molecule has 0 aromatic rings. The van der Waals surface area contributed by atoms with Crippen molar-refractivity contribution in [2.24, 2.45) is 0 Å². The van der Waals surface area contributed by atoms with Crippen LogP contribution in [-0.2, 0) is 9.47 Å². The summed E-state index contributed by atoms with van der Waals surface area (Å²) in [6.45, 7) is -0.558. The highest BCUT2D eigenvalue weighted by atomic mass is 16.7. The molecule has 0 aromatic heterocycles. The first-order valence-electron chi connectivity index (χ1n) is 4.54. The molecule has 15 heavy (non-hydrogen) atoms. The third-order valence-electron chi connectivity index (χ3n) is 2.43. The Balaban J connectivity index is 2.85. The Kier molecular flexibility index (Phi) is 4.41. The smallest absolute Gasteiger partial charge is 0.186 e. The van der Waals surface area contributed by atoms with Crippen LogP contribution in [0.5, 0.6) is 0 Å². The normalized spacial score (nSPS) is 47.6. The van der Waals surface area contributed by atoms with Crippen LogP contribution < -0.4 is 0 Å². The van der Waals surface area contributed by atoms with Crippen molar-refractivity contribution in [2.45, 2.75) is 36.8 Å². The van der Waals surface area contributed by atoms with Gasteiger partial charge in [0, 0.05) is 7.11 Å². The lowest BCUT2D eigenvalue weighted by Gasteiger charge is -2.23. The maximum atomic E-state index is 9.47. The number of hydrogen-bond donors (Lipinski definition) is 5. The summed E-state index contributed by atoms with van der Waals surface area (Å²) in [7, 11) is 1.24. The molecule has 1 saturated heterocycles. The van der Waals surface area contributed by atoms with E-state index in [1.165, 1.54) is 7.11 Å². The van der Waals surface area contributed by atoms with E-state index in [9.17, 15) is 20.4 Å². The van der Waals surface area contributed by atoms with Crippen molar-refractivity contribution in [3.05, 3.63) is 0 Å². The zero-order chi connectivity index (χ0) is 11.6. The molecule has 7 nitrogen and oxygen atoms in total. The number of methoxy groups -OCH3 is 1. The molecule has 0 amide bonds. The first-order chi connectivity index (χ1) is 7.02. The van der Waals surface area contributed by atoms with Gasteiger partial charge < -0.3 is 35.0 Å². The van der Waals surface area contributed by atoms with E-state index in [4.69, 9.17) is 14.6 Å². The molecule has 5 N–H and O–H groups in total. The molecule has 0 bridgehead atoms. The lowest BCUT2D eigenvalue weighted by Crippen LogP contribution is -2.47. The highest BCUT2D eigenvalue weighted by Gasteiger charge is 2.44. The summed E-state index contributed by atoms with van der Waals surface area (Å²) in [6.07, 6.45) is -8.49. The molecule has 0 saturated carbocycles. The van der Waals surface area contributed by atoms with Gasteiger partial charge in [0.1, 0.15) is 30.5 Å². The molecule has 0 radical (unpaired) electrons. The summed E-state index contributed by atoms with van der Waals surface area (Å²) in [5.41, 5.74) is 0. The standard InChI is InChI=1S/C8H16O7/c1-14-8-7(13)6(12)5(11)4(10)3(2-9)15-8/h3-13H,2H2,1H3/t3-,4-,5+,6+,7-,8+/m1/s1. The monoisotopic (exact) mass is 224 g/mol. The topological polar surface area (TPSA) is 120 Å². The number of ether oxygens (including phenoxy) is 2. The molecule has 1 fully saturated rings. The molecule has 6 atom stereocenters. The zero-order valence-corrected chi connectivity index (χ0v) is 8.22. The third kappa shape index (κ3) is 2.45. The summed E-state index contributed by atoms with van der Waals surface area (Å²) >= 11 is 0. The Morgan fingerprint density at radius 1 is 1.00 bits per heavy atom. The molecule has 0 aromatic carbocycles. The minimum absolute atomic E-state index is 0.558. The van der Waals surface area contributed by atoms with E-state index in [0.717, 1.165) is 0 Å². The summed E-state index contributed by atoms with van der Waals surface area (Å²) in [4.78, 5) is 0. The van der Waals surface area contributed by atoms with Gasteiger partial charge in [0.15, 0.2) is 6.29 Å². The van der Waals surface area contributed by atoms with Crippen molar-refractivity contribution in [1.29, 1.82) is 0 Å². The molecule has 0 aliphatic carbocycles. The lowest BCUT2D eigenvalue weighted by molar-refractivity contribution is -0.221. The highest BCUT2D eigenvalue weighted by Crippen LogP contribution is 2.21. The molecular weight excluding hydrogens is 208 g/mol. The van der Waals surface area contributed by atoms with Gasteiger partial charge >= 0.3 is 0 Å². The van der Waals surface area contributed by atoms with Crippen LogP contribution in [0, 0.1) is 0 Å².